The van der Waals surface area contributed by atoms with Crippen LogP contribution in [-0.2, 0) is 10.8 Å². The zero-order valence-corrected chi connectivity index (χ0v) is 13.1. The van der Waals surface area contributed by atoms with E-state index in [4.69, 9.17) is 0 Å². The predicted octanol–water partition coefficient (Wildman–Crippen LogP) is 1.91. The summed E-state index contributed by atoms with van der Waals surface area (Å²) in [4.78, 5) is 21.0. The Morgan fingerprint density at radius 2 is 2.18 bits per heavy atom. The number of rotatable bonds is 3. The van der Waals surface area contributed by atoms with Crippen molar-refractivity contribution in [1.29, 1.82) is 5.26 Å². The summed E-state index contributed by atoms with van der Waals surface area (Å²) in [5.74, 6) is 0.426. The first-order valence-corrected chi connectivity index (χ1v) is 8.68. The summed E-state index contributed by atoms with van der Waals surface area (Å²) in [5, 5.41) is 10.1. The van der Waals surface area contributed by atoms with E-state index in [0.717, 1.165) is 25.7 Å². The molecule has 2 aromatic rings. The van der Waals surface area contributed by atoms with Crippen molar-refractivity contribution in [2.75, 3.05) is 5.75 Å². The highest BCUT2D eigenvalue weighted by molar-refractivity contribution is 7.84. The molecular formula is C15H16N4O2S. The molecule has 0 spiro atoms. The van der Waals surface area contributed by atoms with Crippen LogP contribution in [-0.4, -0.2) is 24.5 Å². The smallest absolute Gasteiger partial charge is 0.270 e. The van der Waals surface area contributed by atoms with E-state index in [1.165, 1.54) is 6.07 Å². The number of fused-ring (bicyclic) bond motifs is 1. The van der Waals surface area contributed by atoms with E-state index in [1.54, 1.807) is 17.7 Å². The molecule has 2 heterocycles. The number of hydrogen-bond acceptors (Lipinski definition) is 5. The summed E-state index contributed by atoms with van der Waals surface area (Å²) in [6.07, 6.45) is 5.49. The van der Waals surface area contributed by atoms with Crippen molar-refractivity contribution in [1.82, 2.24) is 14.5 Å². The molecule has 6 nitrogen and oxygen atoms in total. The molecule has 1 saturated carbocycles. The first-order chi connectivity index (χ1) is 10.7. The molecule has 7 heteroatoms. The average molecular weight is 316 g/mol. The minimum atomic E-state index is -1.27. The largest absolute Gasteiger partial charge is 0.288 e. The highest BCUT2D eigenvalue weighted by Gasteiger charge is 2.23. The summed E-state index contributed by atoms with van der Waals surface area (Å²) < 4.78 is 13.6. The molecule has 0 aromatic carbocycles. The zero-order chi connectivity index (χ0) is 15.7. The second-order valence-electron chi connectivity index (χ2n) is 5.35. The van der Waals surface area contributed by atoms with Gasteiger partial charge in [-0.2, -0.15) is 5.26 Å². The second-order valence-corrected chi connectivity index (χ2v) is 6.98. The minimum Gasteiger partial charge on any atom is -0.288 e. The third-order valence-corrected chi connectivity index (χ3v) is 5.16. The Kier molecular flexibility index (Phi) is 4.03. The van der Waals surface area contributed by atoms with Crippen LogP contribution < -0.4 is 5.56 Å². The van der Waals surface area contributed by atoms with Crippen LogP contribution in [0.3, 0.4) is 0 Å². The zero-order valence-electron chi connectivity index (χ0n) is 12.3. The summed E-state index contributed by atoms with van der Waals surface area (Å²) in [6.45, 7) is 1.80. The molecule has 1 unspecified atom stereocenters. The van der Waals surface area contributed by atoms with Crippen LogP contribution in [0, 0.1) is 11.3 Å². The van der Waals surface area contributed by atoms with Crippen molar-refractivity contribution in [3.8, 4) is 6.07 Å². The van der Waals surface area contributed by atoms with Gasteiger partial charge in [0.2, 0.25) is 5.16 Å². The number of nitriles is 1. The molecule has 0 radical (unpaired) electrons. The molecule has 1 aliphatic rings. The lowest BCUT2D eigenvalue weighted by Crippen LogP contribution is -2.27. The van der Waals surface area contributed by atoms with Gasteiger partial charge in [0.15, 0.2) is 0 Å². The maximum absolute atomic E-state index is 12.6. The normalized spacial score (nSPS) is 16.7. The molecule has 1 aliphatic carbocycles. The van der Waals surface area contributed by atoms with Crippen molar-refractivity contribution >= 4 is 21.8 Å². The third-order valence-electron chi connectivity index (χ3n) is 4.03. The Morgan fingerprint density at radius 1 is 1.45 bits per heavy atom. The van der Waals surface area contributed by atoms with Gasteiger partial charge >= 0.3 is 0 Å². The summed E-state index contributed by atoms with van der Waals surface area (Å²) in [7, 11) is -1.27. The van der Waals surface area contributed by atoms with E-state index in [-0.39, 0.29) is 22.3 Å². The first kappa shape index (κ1) is 14.9. The lowest BCUT2D eigenvalue weighted by molar-refractivity contribution is 0.513. The molecule has 0 aliphatic heterocycles. The summed E-state index contributed by atoms with van der Waals surface area (Å²) in [6, 6.07) is 3.52. The Hall–Kier alpha value is -2.07. The Bertz CT molecular complexity index is 847. The molecule has 0 saturated heterocycles. The van der Waals surface area contributed by atoms with E-state index in [2.05, 4.69) is 9.97 Å². The van der Waals surface area contributed by atoms with Crippen molar-refractivity contribution < 1.29 is 4.21 Å². The van der Waals surface area contributed by atoms with E-state index in [9.17, 15) is 14.3 Å². The second kappa shape index (κ2) is 5.97. The van der Waals surface area contributed by atoms with Crippen LogP contribution >= 0.6 is 0 Å². The van der Waals surface area contributed by atoms with Gasteiger partial charge in [-0.05, 0) is 18.9 Å². The van der Waals surface area contributed by atoms with Gasteiger partial charge in [0, 0.05) is 23.4 Å². The predicted molar refractivity (Wildman–Crippen MR) is 83.0 cm³/mol. The molecule has 22 heavy (non-hydrogen) atoms. The Balaban J connectivity index is 2.31. The molecule has 2 aromatic heterocycles. The fraction of sp³-hybridized carbons (Fsp3) is 0.467. The van der Waals surface area contributed by atoms with Crippen LogP contribution in [0.4, 0.5) is 0 Å². The van der Waals surface area contributed by atoms with Crippen LogP contribution in [0.15, 0.2) is 22.2 Å². The molecule has 1 atom stereocenters. The average Bonchev–Trinajstić information content (AvgIpc) is 3.07. The van der Waals surface area contributed by atoms with E-state index >= 15 is 0 Å². The number of hydrogen-bond donors (Lipinski definition) is 0. The van der Waals surface area contributed by atoms with Crippen LogP contribution in [0.2, 0.25) is 0 Å². The SMILES string of the molecule is CCS(=O)c1ncc2cc(C#N)c(=O)n(C3CCCC3)c2n1. The van der Waals surface area contributed by atoms with Gasteiger partial charge in [-0.3, -0.25) is 13.6 Å². The summed E-state index contributed by atoms with van der Waals surface area (Å²) in [5.41, 5.74) is 0.281. The number of nitrogens with zero attached hydrogens (tertiary/aromatic N) is 4. The third kappa shape index (κ3) is 2.44. The van der Waals surface area contributed by atoms with Gasteiger partial charge in [0.1, 0.15) is 17.3 Å². The molecule has 0 amide bonds. The highest BCUT2D eigenvalue weighted by atomic mass is 32.2. The van der Waals surface area contributed by atoms with Gasteiger partial charge < -0.3 is 0 Å². The van der Waals surface area contributed by atoms with E-state index in [1.807, 2.05) is 6.07 Å². The standard InChI is InChI=1S/C15H16N4O2S/c1-2-22(21)15-17-9-11-7-10(8-16)14(20)19(13(11)18-15)12-5-3-4-6-12/h7,9,12H,2-6H2,1H3. The van der Waals surface area contributed by atoms with Crippen molar-refractivity contribution in [3.63, 3.8) is 0 Å². The molecule has 0 N–H and O–H groups in total. The van der Waals surface area contributed by atoms with E-state index in [0.29, 0.717) is 16.8 Å². The minimum absolute atomic E-state index is 0.0566. The fourth-order valence-electron chi connectivity index (χ4n) is 2.92. The van der Waals surface area contributed by atoms with Crippen molar-refractivity contribution in [2.45, 2.75) is 43.8 Å². The van der Waals surface area contributed by atoms with Crippen molar-refractivity contribution in [3.05, 3.63) is 28.2 Å². The topological polar surface area (TPSA) is 88.6 Å². The van der Waals surface area contributed by atoms with E-state index < -0.39 is 10.8 Å². The Labute approximate surface area is 130 Å². The van der Waals surface area contributed by atoms with Crippen LogP contribution in [0.1, 0.15) is 44.2 Å². The maximum Gasteiger partial charge on any atom is 0.270 e. The molecule has 0 bridgehead atoms. The van der Waals surface area contributed by atoms with Gasteiger partial charge in [0.25, 0.3) is 5.56 Å². The van der Waals surface area contributed by atoms with Gasteiger partial charge in [-0.15, -0.1) is 0 Å². The summed E-state index contributed by atoms with van der Waals surface area (Å²) >= 11 is 0. The number of aromatic nitrogens is 3. The Morgan fingerprint density at radius 3 is 2.82 bits per heavy atom. The maximum atomic E-state index is 12.6. The molecule has 3 rings (SSSR count). The fourth-order valence-corrected chi connectivity index (χ4v) is 3.54. The molecule has 114 valence electrons. The highest BCUT2D eigenvalue weighted by Crippen LogP contribution is 2.30. The molecular weight excluding hydrogens is 300 g/mol. The monoisotopic (exact) mass is 316 g/mol. The quantitative estimate of drug-likeness (QED) is 0.807. The number of pyridine rings is 1. The van der Waals surface area contributed by atoms with Crippen LogP contribution in [0.25, 0.3) is 11.0 Å². The van der Waals surface area contributed by atoms with Gasteiger partial charge in [0.05, 0.1) is 10.8 Å². The lowest BCUT2D eigenvalue weighted by atomic mass is 10.2. The lowest BCUT2D eigenvalue weighted by Gasteiger charge is -2.16. The van der Waals surface area contributed by atoms with Gasteiger partial charge in [-0.25, -0.2) is 9.97 Å². The first-order valence-electron chi connectivity index (χ1n) is 7.36. The van der Waals surface area contributed by atoms with Gasteiger partial charge in [-0.1, -0.05) is 19.8 Å². The molecule has 1 fully saturated rings. The van der Waals surface area contributed by atoms with Crippen LogP contribution in [0.5, 0.6) is 0 Å². The van der Waals surface area contributed by atoms with Crippen molar-refractivity contribution in [2.24, 2.45) is 0 Å².